The van der Waals surface area contributed by atoms with Gasteiger partial charge in [0.25, 0.3) is 0 Å². The maximum absolute atomic E-state index is 5.36. The van der Waals surface area contributed by atoms with E-state index in [1.807, 2.05) is 0 Å². The smallest absolute Gasteiger partial charge is 0.118 e. The number of hydrogen-bond acceptors (Lipinski definition) is 1. The Morgan fingerprint density at radius 2 is 1.00 bits per heavy atom. The Bertz CT molecular complexity index is 772. The van der Waals surface area contributed by atoms with E-state index in [1.165, 1.54) is 15.6 Å². The molecule has 0 aliphatic rings. The molecule has 0 spiro atoms. The monoisotopic (exact) mass is 362 g/mol. The van der Waals surface area contributed by atoms with Gasteiger partial charge in [-0.25, -0.2) is 0 Å². The minimum absolute atomic E-state index is 0.927. The van der Waals surface area contributed by atoms with Crippen LogP contribution < -0.4 is 20.3 Å². The lowest BCUT2D eigenvalue weighted by Gasteiger charge is -2.42. The molecule has 0 radical (unpaired) electrons. The van der Waals surface area contributed by atoms with Crippen LogP contribution in [0.4, 0.5) is 0 Å². The van der Waals surface area contributed by atoms with Crippen molar-refractivity contribution < 1.29 is 4.74 Å². The van der Waals surface area contributed by atoms with E-state index in [0.717, 1.165) is 5.75 Å². The highest BCUT2D eigenvalue weighted by Gasteiger charge is 2.48. The Labute approximate surface area is 153 Å². The van der Waals surface area contributed by atoms with E-state index in [-0.39, 0.29) is 0 Å². The van der Waals surface area contributed by atoms with Gasteiger partial charge in [-0.05, 0) is 12.1 Å². The van der Waals surface area contributed by atoms with Crippen LogP contribution in [-0.2, 0) is 0 Å². The van der Waals surface area contributed by atoms with Gasteiger partial charge in [0.05, 0.1) is 14.7 Å². The lowest BCUT2D eigenvalue weighted by molar-refractivity contribution is 0.415. The number of rotatable bonds is 5. The van der Waals surface area contributed by atoms with Crippen LogP contribution in [0.15, 0.2) is 84.9 Å². The molecule has 0 heterocycles. The lowest BCUT2D eigenvalue weighted by Crippen LogP contribution is -2.76. The molecule has 0 saturated heterocycles. The average Bonchev–Trinajstić information content (AvgIpc) is 2.68. The molecule has 3 rings (SSSR count). The van der Waals surface area contributed by atoms with E-state index in [9.17, 15) is 0 Å². The molecule has 0 aliphatic carbocycles. The SMILES string of the molecule is COc1ccc([Si](C)(C)[Si](C)(c2ccccc2)c2ccccc2)cc1. The molecule has 0 fully saturated rings. The molecule has 3 aromatic carbocycles. The van der Waals surface area contributed by atoms with Crippen LogP contribution in [-0.4, -0.2) is 22.3 Å². The van der Waals surface area contributed by atoms with Crippen LogP contribution in [0.1, 0.15) is 0 Å². The number of hydrogen-bond donors (Lipinski definition) is 0. The standard InChI is InChI=1S/C22H26OSi2/c1-23-19-15-17-20(18-16-19)24(2,3)25(4,21-11-7-5-8-12-21)22-13-9-6-10-14-22/h5-18H,1-4H3. The molecule has 0 amide bonds. The first kappa shape index (κ1) is 17.7. The maximum atomic E-state index is 5.36. The van der Waals surface area contributed by atoms with Gasteiger partial charge in [-0.3, -0.25) is 0 Å². The lowest BCUT2D eigenvalue weighted by atomic mass is 10.3. The topological polar surface area (TPSA) is 9.23 Å². The van der Waals surface area contributed by atoms with E-state index in [1.54, 1.807) is 7.11 Å². The second kappa shape index (κ2) is 7.02. The summed E-state index contributed by atoms with van der Waals surface area (Å²) in [5.74, 6) is 0.927. The predicted molar refractivity (Wildman–Crippen MR) is 114 cm³/mol. The highest BCUT2D eigenvalue weighted by atomic mass is 29.3. The van der Waals surface area contributed by atoms with E-state index in [4.69, 9.17) is 4.74 Å². The van der Waals surface area contributed by atoms with Crippen LogP contribution in [0, 0.1) is 0 Å². The summed E-state index contributed by atoms with van der Waals surface area (Å²) < 4.78 is 5.36. The van der Waals surface area contributed by atoms with Crippen molar-refractivity contribution in [1.29, 1.82) is 0 Å². The van der Waals surface area contributed by atoms with Gasteiger partial charge in [0.15, 0.2) is 0 Å². The summed E-state index contributed by atoms with van der Waals surface area (Å²) in [4.78, 5) is 0. The first-order valence-electron chi connectivity index (χ1n) is 8.76. The molecule has 25 heavy (non-hydrogen) atoms. The molecule has 1 nitrogen and oxygen atoms in total. The van der Waals surface area contributed by atoms with Gasteiger partial charge in [0, 0.05) is 0 Å². The van der Waals surface area contributed by atoms with Crippen molar-refractivity contribution in [2.45, 2.75) is 19.6 Å². The molecule has 128 valence electrons. The zero-order valence-electron chi connectivity index (χ0n) is 15.5. The number of benzene rings is 3. The van der Waals surface area contributed by atoms with E-state index in [0.29, 0.717) is 0 Å². The second-order valence-corrected chi connectivity index (χ2v) is 21.2. The van der Waals surface area contributed by atoms with Gasteiger partial charge >= 0.3 is 0 Å². The van der Waals surface area contributed by atoms with Crippen molar-refractivity contribution in [2.75, 3.05) is 7.11 Å². The fourth-order valence-corrected chi connectivity index (χ4v) is 16.4. The average molecular weight is 363 g/mol. The summed E-state index contributed by atoms with van der Waals surface area (Å²) in [7, 11) is -1.94. The third-order valence-corrected chi connectivity index (χ3v) is 23.1. The van der Waals surface area contributed by atoms with Crippen molar-refractivity contribution in [3.8, 4) is 5.75 Å². The molecule has 0 atom stereocenters. The Balaban J connectivity index is 2.20. The van der Waals surface area contributed by atoms with Crippen LogP contribution in [0.5, 0.6) is 5.75 Å². The molecule has 0 N–H and O–H groups in total. The Morgan fingerprint density at radius 3 is 1.40 bits per heavy atom. The minimum atomic E-state index is -1.90. The van der Waals surface area contributed by atoms with Crippen LogP contribution in [0.3, 0.4) is 0 Å². The highest BCUT2D eigenvalue weighted by molar-refractivity contribution is 7.54. The summed E-state index contributed by atoms with van der Waals surface area (Å²) in [6, 6.07) is 31.1. The fourth-order valence-electron chi connectivity index (χ4n) is 3.73. The number of methoxy groups -OCH3 is 1. The normalized spacial score (nSPS) is 12.0. The molecule has 3 heteroatoms. The van der Waals surface area contributed by atoms with Gasteiger partial charge in [0.2, 0.25) is 0 Å². The largest absolute Gasteiger partial charge is 0.497 e. The van der Waals surface area contributed by atoms with Gasteiger partial charge in [0.1, 0.15) is 13.3 Å². The van der Waals surface area contributed by atoms with Crippen molar-refractivity contribution in [1.82, 2.24) is 0 Å². The first-order chi connectivity index (χ1) is 12.0. The third-order valence-electron chi connectivity index (χ3n) is 5.76. The molecular weight excluding hydrogens is 336 g/mol. The molecule has 0 unspecified atom stereocenters. The zero-order chi connectivity index (χ0) is 17.9. The highest BCUT2D eigenvalue weighted by Crippen LogP contribution is 2.21. The van der Waals surface area contributed by atoms with Crippen molar-refractivity contribution in [3.63, 3.8) is 0 Å². The predicted octanol–water partition coefficient (Wildman–Crippen LogP) is 3.58. The summed E-state index contributed by atoms with van der Waals surface area (Å²) in [6.07, 6.45) is 0. The van der Waals surface area contributed by atoms with Crippen LogP contribution >= 0.6 is 0 Å². The first-order valence-corrected chi connectivity index (χ1v) is 15.3. The van der Waals surface area contributed by atoms with Gasteiger partial charge in [-0.15, -0.1) is 0 Å². The molecule has 0 aromatic heterocycles. The van der Waals surface area contributed by atoms with Crippen LogP contribution in [0.25, 0.3) is 0 Å². The quantitative estimate of drug-likeness (QED) is 0.630. The molecule has 0 saturated carbocycles. The van der Waals surface area contributed by atoms with Crippen molar-refractivity contribution >= 4 is 30.7 Å². The Morgan fingerprint density at radius 1 is 0.560 bits per heavy atom. The fraction of sp³-hybridized carbons (Fsp3) is 0.182. The molecular formula is C22H26OSi2. The maximum Gasteiger partial charge on any atom is 0.118 e. The van der Waals surface area contributed by atoms with Gasteiger partial charge in [-0.1, -0.05) is 108 Å². The minimum Gasteiger partial charge on any atom is -0.497 e. The van der Waals surface area contributed by atoms with Crippen LogP contribution in [0.2, 0.25) is 19.6 Å². The van der Waals surface area contributed by atoms with E-state index in [2.05, 4.69) is 105 Å². The van der Waals surface area contributed by atoms with Gasteiger partial charge < -0.3 is 4.74 Å². The van der Waals surface area contributed by atoms with Gasteiger partial charge in [-0.2, -0.15) is 0 Å². The summed E-state index contributed by atoms with van der Waals surface area (Å²) >= 11 is 0. The van der Waals surface area contributed by atoms with Crippen molar-refractivity contribution in [3.05, 3.63) is 84.9 Å². The van der Waals surface area contributed by atoms with Crippen molar-refractivity contribution in [2.24, 2.45) is 0 Å². The molecule has 0 bridgehead atoms. The third kappa shape index (κ3) is 3.10. The van der Waals surface area contributed by atoms with E-state index >= 15 is 0 Å². The summed E-state index contributed by atoms with van der Waals surface area (Å²) in [5, 5.41) is 4.54. The Hall–Kier alpha value is -2.11. The Kier molecular flexibility index (Phi) is 4.97. The second-order valence-electron chi connectivity index (χ2n) is 7.21. The van der Waals surface area contributed by atoms with E-state index < -0.39 is 15.2 Å². The zero-order valence-corrected chi connectivity index (χ0v) is 17.5. The molecule has 3 aromatic rings. The summed E-state index contributed by atoms with van der Waals surface area (Å²) in [5.41, 5.74) is 0. The summed E-state index contributed by atoms with van der Waals surface area (Å²) in [6.45, 7) is 7.61. The molecule has 0 aliphatic heterocycles. The number of ether oxygens (including phenoxy) is 1.